The molecule has 3 heteroatoms. The lowest BCUT2D eigenvalue weighted by Gasteiger charge is -2.49. The zero-order valence-corrected chi connectivity index (χ0v) is 36.5. The molecule has 0 bridgehead atoms. The fourth-order valence-corrected chi connectivity index (χ4v) is 12.2. The van der Waals surface area contributed by atoms with E-state index in [1.54, 1.807) is 0 Å². The summed E-state index contributed by atoms with van der Waals surface area (Å²) in [7, 11) is 0. The Balaban J connectivity index is 0.927. The number of benzene rings is 8. The standard InChI is InChI=1S/C63H45NO2/c1-2-15-41(16-3-1)46-19-9-12-25-56(46)64(57-26-14-28-59-60(57)50-23-10-13-27-58(50)65-59)45-34-29-40(30-35-45)44-33-36-53-51(39-44)49-22-8-11-24-52(49)63(53)54-37-31-42-17-4-6-20-47(42)61(54)66-62-48-21-7-5-18-43(48)32-38-55(62)63/h1-2,4-8,10-11,13-15,17-39,54,61H,3,9,12,16H2. The molecule has 1 aliphatic heterocycles. The van der Waals surface area contributed by atoms with Gasteiger partial charge in [0.2, 0.25) is 0 Å². The summed E-state index contributed by atoms with van der Waals surface area (Å²) in [6.45, 7) is 0. The highest BCUT2D eigenvalue weighted by molar-refractivity contribution is 6.13. The predicted molar refractivity (Wildman–Crippen MR) is 271 cm³/mol. The van der Waals surface area contributed by atoms with E-state index in [1.807, 2.05) is 0 Å². The van der Waals surface area contributed by atoms with Crippen LogP contribution in [0.2, 0.25) is 0 Å². The van der Waals surface area contributed by atoms with Crippen LogP contribution in [0.15, 0.2) is 228 Å². The molecular weight excluding hydrogens is 803 g/mol. The number of furan rings is 1. The average Bonchev–Trinajstić information content (AvgIpc) is 3.91. The van der Waals surface area contributed by atoms with Gasteiger partial charge in [0.1, 0.15) is 23.0 Å². The first-order valence-electron chi connectivity index (χ1n) is 23.5. The molecule has 3 nitrogen and oxygen atoms in total. The second-order valence-electron chi connectivity index (χ2n) is 18.4. The number of ether oxygens (including phenoxy) is 1. The molecule has 0 radical (unpaired) electrons. The molecular formula is C63H45NO2. The second-order valence-corrected chi connectivity index (χ2v) is 18.4. The van der Waals surface area contributed by atoms with Crippen LogP contribution in [0.3, 0.4) is 0 Å². The number of fused-ring (bicyclic) bond motifs is 16. The molecule has 0 amide bonds. The highest BCUT2D eigenvalue weighted by Crippen LogP contribution is 2.65. The Kier molecular flexibility index (Phi) is 8.28. The van der Waals surface area contributed by atoms with Crippen molar-refractivity contribution in [1.29, 1.82) is 0 Å². The van der Waals surface area contributed by atoms with Crippen molar-refractivity contribution in [2.75, 3.05) is 4.90 Å². The van der Waals surface area contributed by atoms with Crippen molar-refractivity contribution in [3.63, 3.8) is 0 Å². The second kappa shape index (κ2) is 14.6. The first kappa shape index (κ1) is 37.5. The molecule has 1 aromatic heterocycles. The van der Waals surface area contributed by atoms with E-state index in [2.05, 4.69) is 217 Å². The molecule has 0 fully saturated rings. The predicted octanol–water partition coefficient (Wildman–Crippen LogP) is 16.5. The van der Waals surface area contributed by atoms with Crippen LogP contribution in [0, 0.1) is 5.92 Å². The summed E-state index contributed by atoms with van der Waals surface area (Å²) >= 11 is 0. The van der Waals surface area contributed by atoms with Crippen molar-refractivity contribution in [3.8, 4) is 28.0 Å². The van der Waals surface area contributed by atoms with E-state index in [1.165, 1.54) is 72.3 Å². The van der Waals surface area contributed by atoms with Gasteiger partial charge < -0.3 is 14.1 Å². The molecule has 14 rings (SSSR count). The van der Waals surface area contributed by atoms with Crippen LogP contribution < -0.4 is 9.64 Å². The number of nitrogens with zero attached hydrogens (tertiary/aromatic N) is 1. The van der Waals surface area contributed by atoms with Gasteiger partial charge in [0.15, 0.2) is 0 Å². The van der Waals surface area contributed by atoms with Crippen molar-refractivity contribution in [2.24, 2.45) is 5.92 Å². The average molecular weight is 848 g/mol. The molecule has 1 spiro atoms. The monoisotopic (exact) mass is 847 g/mol. The van der Waals surface area contributed by atoms with Crippen LogP contribution in [0.4, 0.5) is 11.4 Å². The maximum atomic E-state index is 7.30. The number of allylic oxidation sites excluding steroid dienone is 6. The minimum atomic E-state index is -0.456. The van der Waals surface area contributed by atoms with Gasteiger partial charge in [-0.2, -0.15) is 0 Å². The van der Waals surface area contributed by atoms with E-state index in [-0.39, 0.29) is 12.0 Å². The molecule has 8 aromatic carbocycles. The first-order valence-corrected chi connectivity index (χ1v) is 23.5. The fraction of sp³-hybridized carbons (Fsp3) is 0.111. The molecule has 0 N–H and O–H groups in total. The Hall–Kier alpha value is -7.88. The van der Waals surface area contributed by atoms with Crippen molar-refractivity contribution in [3.05, 3.63) is 251 Å². The van der Waals surface area contributed by atoms with E-state index >= 15 is 0 Å². The maximum absolute atomic E-state index is 7.30. The summed E-state index contributed by atoms with van der Waals surface area (Å²) in [6, 6.07) is 62.7. The quantitative estimate of drug-likeness (QED) is 0.173. The zero-order valence-electron chi connectivity index (χ0n) is 36.5. The SMILES string of the molecule is C1=CCCC(C2=CCCC=C2N(c2ccc(-c3ccc4c(c3)-c3ccccc3C43c4ccc5ccccc5c4OC4c5ccccc5C=CC43)cc2)c2cccc3oc4ccccc4c23)=C1. The third-order valence-electron chi connectivity index (χ3n) is 15.1. The van der Waals surface area contributed by atoms with E-state index in [0.717, 1.165) is 70.1 Å². The minimum absolute atomic E-state index is 0.0461. The number of rotatable bonds is 5. The van der Waals surface area contributed by atoms with Crippen molar-refractivity contribution < 1.29 is 9.15 Å². The summed E-state index contributed by atoms with van der Waals surface area (Å²) in [4.78, 5) is 2.49. The number of para-hydroxylation sites is 1. The lowest BCUT2D eigenvalue weighted by atomic mass is 9.58. The van der Waals surface area contributed by atoms with Crippen molar-refractivity contribution in [1.82, 2.24) is 0 Å². The Morgan fingerprint density at radius 2 is 1.36 bits per heavy atom. The summed E-state index contributed by atoms with van der Waals surface area (Å²) < 4.78 is 13.8. The van der Waals surface area contributed by atoms with Crippen molar-refractivity contribution in [2.45, 2.75) is 37.2 Å². The van der Waals surface area contributed by atoms with Gasteiger partial charge >= 0.3 is 0 Å². The lowest BCUT2D eigenvalue weighted by molar-refractivity contribution is 0.105. The van der Waals surface area contributed by atoms with E-state index in [4.69, 9.17) is 9.15 Å². The topological polar surface area (TPSA) is 25.6 Å². The fourth-order valence-electron chi connectivity index (χ4n) is 12.2. The molecule has 0 saturated heterocycles. The third-order valence-corrected chi connectivity index (χ3v) is 15.1. The van der Waals surface area contributed by atoms with Crippen LogP contribution in [0.5, 0.6) is 5.75 Å². The number of anilines is 2. The Morgan fingerprint density at radius 3 is 2.29 bits per heavy atom. The molecule has 314 valence electrons. The van der Waals surface area contributed by atoms with Gasteiger partial charge in [-0.1, -0.05) is 176 Å². The zero-order chi connectivity index (χ0) is 43.3. The Morgan fingerprint density at radius 1 is 0.591 bits per heavy atom. The van der Waals surface area contributed by atoms with Gasteiger partial charge in [-0.05, 0) is 118 Å². The Labute approximate surface area is 384 Å². The Bertz CT molecular complexity index is 3650. The van der Waals surface area contributed by atoms with E-state index in [9.17, 15) is 0 Å². The number of hydrogen-bond donors (Lipinski definition) is 0. The molecule has 3 atom stereocenters. The lowest BCUT2D eigenvalue weighted by Crippen LogP contribution is -2.45. The summed E-state index contributed by atoms with van der Waals surface area (Å²) in [5.41, 5.74) is 18.9. The van der Waals surface area contributed by atoms with Gasteiger partial charge in [-0.15, -0.1) is 0 Å². The normalized spacial score (nSPS) is 19.9. The molecule has 3 unspecified atom stereocenters. The summed E-state index contributed by atoms with van der Waals surface area (Å²) in [5, 5.41) is 4.61. The highest BCUT2D eigenvalue weighted by atomic mass is 16.5. The number of hydrogen-bond acceptors (Lipinski definition) is 3. The van der Waals surface area contributed by atoms with Gasteiger partial charge in [0.25, 0.3) is 0 Å². The molecule has 0 saturated carbocycles. The largest absolute Gasteiger partial charge is 0.484 e. The van der Waals surface area contributed by atoms with E-state index in [0.29, 0.717) is 0 Å². The minimum Gasteiger partial charge on any atom is -0.484 e. The smallest absolute Gasteiger partial charge is 0.137 e. The summed E-state index contributed by atoms with van der Waals surface area (Å²) in [5.74, 6) is 1.04. The maximum Gasteiger partial charge on any atom is 0.137 e. The molecule has 9 aromatic rings. The van der Waals surface area contributed by atoms with Gasteiger partial charge in [-0.3, -0.25) is 0 Å². The first-order chi connectivity index (χ1) is 32.7. The summed E-state index contributed by atoms with van der Waals surface area (Å²) in [6.07, 6.45) is 20.4. The van der Waals surface area contributed by atoms with Crippen LogP contribution in [0.1, 0.15) is 59.6 Å². The molecule has 66 heavy (non-hydrogen) atoms. The van der Waals surface area contributed by atoms with Gasteiger partial charge in [-0.25, -0.2) is 0 Å². The van der Waals surface area contributed by atoms with Gasteiger partial charge in [0, 0.05) is 39.2 Å². The third kappa shape index (κ3) is 5.37. The molecule has 4 aliphatic carbocycles. The van der Waals surface area contributed by atoms with Crippen LogP contribution in [0.25, 0.3) is 61.0 Å². The van der Waals surface area contributed by atoms with Crippen molar-refractivity contribution >= 4 is 50.2 Å². The van der Waals surface area contributed by atoms with E-state index < -0.39 is 5.41 Å². The molecule has 5 aliphatic rings. The van der Waals surface area contributed by atoms with Crippen LogP contribution in [-0.4, -0.2) is 0 Å². The highest BCUT2D eigenvalue weighted by Gasteiger charge is 2.57. The van der Waals surface area contributed by atoms with Crippen LogP contribution >= 0.6 is 0 Å². The van der Waals surface area contributed by atoms with Gasteiger partial charge in [0.05, 0.1) is 16.5 Å². The van der Waals surface area contributed by atoms with Crippen LogP contribution in [-0.2, 0) is 5.41 Å². The molecule has 2 heterocycles.